The number of hydrogen-bond donors (Lipinski definition) is 2. The Morgan fingerprint density at radius 2 is 1.82 bits per heavy atom. The molecule has 0 saturated heterocycles. The summed E-state index contributed by atoms with van der Waals surface area (Å²) in [7, 11) is 0. The van der Waals surface area contributed by atoms with Gasteiger partial charge in [-0.2, -0.15) is 11.3 Å². The fraction of sp³-hybridized carbons (Fsp3) is 0.312. The van der Waals surface area contributed by atoms with Crippen molar-refractivity contribution < 1.29 is 4.79 Å². The zero-order chi connectivity index (χ0) is 15.4. The Balaban J connectivity index is 0.00000242. The maximum Gasteiger partial charge on any atom is 0.225 e. The topological polar surface area (TPSA) is 55.1 Å². The third-order valence-corrected chi connectivity index (χ3v) is 4.52. The van der Waals surface area contributed by atoms with Gasteiger partial charge in [-0.3, -0.25) is 4.79 Å². The molecule has 2 aromatic rings. The summed E-state index contributed by atoms with van der Waals surface area (Å²) in [5, 5.41) is 7.80. The lowest BCUT2D eigenvalue weighted by Gasteiger charge is -2.22. The average Bonchev–Trinajstić information content (AvgIpc) is 2.98. The third kappa shape index (κ3) is 4.71. The number of hydrogen-bond acceptors (Lipinski definition) is 3. The molecule has 0 saturated carbocycles. The highest BCUT2D eigenvalue weighted by Crippen LogP contribution is 2.25. The van der Waals surface area contributed by atoms with Crippen LogP contribution >= 0.6 is 35.3 Å². The highest BCUT2D eigenvalue weighted by atomic mass is 35.5. The molecule has 0 aliphatic heterocycles. The Labute approximate surface area is 146 Å². The van der Waals surface area contributed by atoms with E-state index in [0.717, 1.165) is 11.1 Å². The minimum absolute atomic E-state index is 0. The van der Waals surface area contributed by atoms with Crippen molar-refractivity contribution in [3.05, 3.63) is 57.2 Å². The summed E-state index contributed by atoms with van der Waals surface area (Å²) in [6.45, 7) is 3.68. The summed E-state index contributed by atoms with van der Waals surface area (Å²) in [5.74, 6) is -0.283. The molecule has 1 aromatic carbocycles. The predicted octanol–water partition coefficient (Wildman–Crippen LogP) is 4.01. The SMILES string of the molecule is CC(N)C(C)C(=O)NC(c1ccc(Cl)cc1)c1ccsc1.Cl. The Kier molecular flexibility index (Phi) is 7.36. The van der Waals surface area contributed by atoms with Crippen molar-refractivity contribution in [2.24, 2.45) is 11.7 Å². The second kappa shape index (κ2) is 8.53. The maximum absolute atomic E-state index is 12.3. The second-order valence-electron chi connectivity index (χ2n) is 5.20. The molecule has 1 amide bonds. The van der Waals surface area contributed by atoms with Crippen molar-refractivity contribution in [3.8, 4) is 0 Å². The van der Waals surface area contributed by atoms with Gasteiger partial charge in [0.25, 0.3) is 0 Å². The molecule has 0 spiro atoms. The number of carbonyl (C=O) groups excluding carboxylic acids is 1. The van der Waals surface area contributed by atoms with E-state index in [4.69, 9.17) is 17.3 Å². The summed E-state index contributed by atoms with van der Waals surface area (Å²) in [4.78, 5) is 12.3. The van der Waals surface area contributed by atoms with Crippen LogP contribution in [-0.4, -0.2) is 11.9 Å². The molecule has 0 fully saturated rings. The van der Waals surface area contributed by atoms with Crippen LogP contribution in [0.25, 0.3) is 0 Å². The zero-order valence-electron chi connectivity index (χ0n) is 12.5. The smallest absolute Gasteiger partial charge is 0.225 e. The highest BCUT2D eigenvalue weighted by Gasteiger charge is 2.22. The molecular formula is C16H20Cl2N2OS. The van der Waals surface area contributed by atoms with Gasteiger partial charge in [-0.25, -0.2) is 0 Å². The van der Waals surface area contributed by atoms with Crippen molar-refractivity contribution in [2.75, 3.05) is 0 Å². The van der Waals surface area contributed by atoms with Gasteiger partial charge < -0.3 is 11.1 Å². The Morgan fingerprint density at radius 3 is 2.32 bits per heavy atom. The van der Waals surface area contributed by atoms with Gasteiger partial charge in [-0.1, -0.05) is 30.7 Å². The number of amides is 1. The van der Waals surface area contributed by atoms with Crippen molar-refractivity contribution in [3.63, 3.8) is 0 Å². The van der Waals surface area contributed by atoms with E-state index < -0.39 is 0 Å². The number of thiophene rings is 1. The van der Waals surface area contributed by atoms with Crippen LogP contribution in [0, 0.1) is 5.92 Å². The second-order valence-corrected chi connectivity index (χ2v) is 6.41. The van der Waals surface area contributed by atoms with Crippen LogP contribution in [0.5, 0.6) is 0 Å². The summed E-state index contributed by atoms with van der Waals surface area (Å²) in [6, 6.07) is 9.18. The fourth-order valence-electron chi connectivity index (χ4n) is 1.97. The Morgan fingerprint density at radius 1 is 1.18 bits per heavy atom. The van der Waals surface area contributed by atoms with Crippen LogP contribution in [0.4, 0.5) is 0 Å². The van der Waals surface area contributed by atoms with E-state index in [1.165, 1.54) is 0 Å². The minimum Gasteiger partial charge on any atom is -0.345 e. The molecule has 0 radical (unpaired) electrons. The van der Waals surface area contributed by atoms with E-state index in [2.05, 4.69) is 5.32 Å². The average molecular weight is 359 g/mol. The van der Waals surface area contributed by atoms with Gasteiger partial charge in [0.15, 0.2) is 0 Å². The highest BCUT2D eigenvalue weighted by molar-refractivity contribution is 7.08. The summed E-state index contributed by atoms with van der Waals surface area (Å²) >= 11 is 7.54. The molecular weight excluding hydrogens is 339 g/mol. The molecule has 22 heavy (non-hydrogen) atoms. The summed E-state index contributed by atoms with van der Waals surface area (Å²) < 4.78 is 0. The number of nitrogens with one attached hydrogen (secondary N) is 1. The molecule has 1 aromatic heterocycles. The molecule has 1 heterocycles. The van der Waals surface area contributed by atoms with E-state index in [1.54, 1.807) is 11.3 Å². The predicted molar refractivity (Wildman–Crippen MR) is 95.8 cm³/mol. The van der Waals surface area contributed by atoms with Crippen LogP contribution < -0.4 is 11.1 Å². The molecule has 3 nitrogen and oxygen atoms in total. The number of rotatable bonds is 5. The first kappa shape index (κ1) is 19.0. The Bertz CT molecular complexity index is 585. The normalized spacial score (nSPS) is 14.5. The molecule has 3 N–H and O–H groups in total. The van der Waals surface area contributed by atoms with Gasteiger partial charge >= 0.3 is 0 Å². The Hall–Kier alpha value is -1.07. The molecule has 0 bridgehead atoms. The van der Waals surface area contributed by atoms with E-state index in [-0.39, 0.29) is 36.3 Å². The summed E-state index contributed by atoms with van der Waals surface area (Å²) in [6.07, 6.45) is 0. The van der Waals surface area contributed by atoms with Crippen molar-refractivity contribution in [1.82, 2.24) is 5.32 Å². The van der Waals surface area contributed by atoms with E-state index in [0.29, 0.717) is 5.02 Å². The minimum atomic E-state index is -0.238. The van der Waals surface area contributed by atoms with E-state index >= 15 is 0 Å². The number of carbonyl (C=O) groups is 1. The van der Waals surface area contributed by atoms with E-state index in [9.17, 15) is 4.79 Å². The molecule has 120 valence electrons. The molecule has 0 aliphatic carbocycles. The fourth-order valence-corrected chi connectivity index (χ4v) is 2.78. The van der Waals surface area contributed by atoms with Crippen LogP contribution in [0.2, 0.25) is 5.02 Å². The van der Waals surface area contributed by atoms with Crippen LogP contribution in [-0.2, 0) is 4.79 Å². The molecule has 3 atom stereocenters. The lowest BCUT2D eigenvalue weighted by atomic mass is 9.98. The van der Waals surface area contributed by atoms with Crippen LogP contribution in [0.3, 0.4) is 0 Å². The molecule has 6 heteroatoms. The lowest BCUT2D eigenvalue weighted by Crippen LogP contribution is -2.40. The van der Waals surface area contributed by atoms with Crippen molar-refractivity contribution in [2.45, 2.75) is 25.9 Å². The molecule has 2 rings (SSSR count). The molecule has 0 aliphatic rings. The lowest BCUT2D eigenvalue weighted by molar-refractivity contribution is -0.125. The van der Waals surface area contributed by atoms with Gasteiger partial charge in [-0.05, 0) is 47.0 Å². The maximum atomic E-state index is 12.3. The first-order valence-electron chi connectivity index (χ1n) is 6.82. The van der Waals surface area contributed by atoms with Gasteiger partial charge in [-0.15, -0.1) is 12.4 Å². The number of halogens is 2. The van der Waals surface area contributed by atoms with Gasteiger partial charge in [0.1, 0.15) is 0 Å². The number of benzene rings is 1. The van der Waals surface area contributed by atoms with E-state index in [1.807, 2.05) is 54.9 Å². The van der Waals surface area contributed by atoms with Gasteiger partial charge in [0.05, 0.1) is 6.04 Å². The monoisotopic (exact) mass is 358 g/mol. The number of nitrogens with two attached hydrogens (primary N) is 1. The molecule has 3 unspecified atom stereocenters. The van der Waals surface area contributed by atoms with Crippen molar-refractivity contribution in [1.29, 1.82) is 0 Å². The quantitative estimate of drug-likeness (QED) is 0.847. The largest absolute Gasteiger partial charge is 0.345 e. The van der Waals surface area contributed by atoms with Crippen LogP contribution in [0.1, 0.15) is 31.0 Å². The van der Waals surface area contributed by atoms with Crippen LogP contribution in [0.15, 0.2) is 41.1 Å². The third-order valence-electron chi connectivity index (χ3n) is 3.57. The first-order chi connectivity index (χ1) is 9.99. The van der Waals surface area contributed by atoms with Gasteiger partial charge in [0, 0.05) is 17.0 Å². The standard InChI is InChI=1S/C16H19ClN2OS.ClH/c1-10(11(2)18)16(20)19-15(13-7-8-21-9-13)12-3-5-14(17)6-4-12;/h3-11,15H,18H2,1-2H3,(H,19,20);1H. The van der Waals surface area contributed by atoms with Gasteiger partial charge in [0.2, 0.25) is 5.91 Å². The summed E-state index contributed by atoms with van der Waals surface area (Å²) in [5.41, 5.74) is 7.88. The van der Waals surface area contributed by atoms with Crippen molar-refractivity contribution >= 4 is 41.3 Å². The first-order valence-corrected chi connectivity index (χ1v) is 8.14. The zero-order valence-corrected chi connectivity index (χ0v) is 14.8.